The fourth-order valence-corrected chi connectivity index (χ4v) is 6.60. The molecule has 7 nitrogen and oxygen atoms in total. The van der Waals surface area contributed by atoms with Gasteiger partial charge in [0.15, 0.2) is 0 Å². The van der Waals surface area contributed by atoms with Gasteiger partial charge in [-0.3, -0.25) is 9.59 Å². The molecule has 3 N–H and O–H groups in total. The Balaban J connectivity index is 1.36. The number of likely N-dealkylation sites (tertiary alicyclic amines) is 1. The second-order valence-electron chi connectivity index (χ2n) is 10.5. The highest BCUT2D eigenvalue weighted by atomic mass is 32.1. The summed E-state index contributed by atoms with van der Waals surface area (Å²) in [6.07, 6.45) is 3.51. The molecule has 2 aliphatic rings. The van der Waals surface area contributed by atoms with Crippen LogP contribution >= 0.6 is 11.3 Å². The van der Waals surface area contributed by atoms with Crippen LogP contribution in [-0.2, 0) is 6.42 Å². The number of aliphatic hydroxyl groups is 1. The van der Waals surface area contributed by atoms with Crippen LogP contribution in [0.5, 0.6) is 0 Å². The Morgan fingerprint density at radius 1 is 1.13 bits per heavy atom. The molecule has 200 valence electrons. The van der Waals surface area contributed by atoms with Gasteiger partial charge in [-0.15, -0.1) is 11.3 Å². The Hall–Kier alpha value is -3.07. The Kier molecular flexibility index (Phi) is 8.21. The summed E-state index contributed by atoms with van der Waals surface area (Å²) in [6, 6.07) is 14.7. The minimum Gasteiger partial charge on any atom is -0.389 e. The van der Waals surface area contributed by atoms with Gasteiger partial charge in [0.25, 0.3) is 11.8 Å². The Labute approximate surface area is 228 Å². The van der Waals surface area contributed by atoms with Gasteiger partial charge in [0.1, 0.15) is 5.01 Å². The van der Waals surface area contributed by atoms with E-state index in [1.165, 1.54) is 0 Å². The third-order valence-electron chi connectivity index (χ3n) is 7.56. The predicted molar refractivity (Wildman–Crippen MR) is 149 cm³/mol. The van der Waals surface area contributed by atoms with Crippen molar-refractivity contribution in [1.82, 2.24) is 20.5 Å². The molecule has 2 fully saturated rings. The molecule has 2 aliphatic heterocycles. The number of carbonyl (C=O) groups is 2. The average Bonchev–Trinajstić information content (AvgIpc) is 3.69. The number of aromatic nitrogens is 1. The standard InChI is InChI=1S/C30H36N4O3S/c1-19-14-22(17-23(15-19)30(37)34-13-7-11-26(34)29-32-20(2)18-38-29)28(36)33-25(16-21-8-4-3-5-9-21)27(35)24-10-6-12-31-24/h3-5,8-9,14-15,17-18,24-27,31,35H,6-7,10-13,16H2,1-2H3,(H,33,36). The second-order valence-corrected chi connectivity index (χ2v) is 11.4. The number of hydrogen-bond donors (Lipinski definition) is 3. The van der Waals surface area contributed by atoms with Crippen LogP contribution in [0, 0.1) is 13.8 Å². The molecule has 0 bridgehead atoms. The van der Waals surface area contributed by atoms with E-state index in [4.69, 9.17) is 0 Å². The Morgan fingerprint density at radius 3 is 2.63 bits per heavy atom. The molecule has 0 spiro atoms. The van der Waals surface area contributed by atoms with Crippen molar-refractivity contribution in [1.29, 1.82) is 0 Å². The van der Waals surface area contributed by atoms with Crippen LogP contribution in [0.4, 0.5) is 0 Å². The zero-order valence-corrected chi connectivity index (χ0v) is 22.8. The minimum absolute atomic E-state index is 0.0247. The predicted octanol–water partition coefficient (Wildman–Crippen LogP) is 4.19. The topological polar surface area (TPSA) is 94.6 Å². The molecule has 38 heavy (non-hydrogen) atoms. The highest BCUT2D eigenvalue weighted by Crippen LogP contribution is 2.35. The highest BCUT2D eigenvalue weighted by molar-refractivity contribution is 7.09. The van der Waals surface area contributed by atoms with Gasteiger partial charge in [-0.1, -0.05) is 30.3 Å². The maximum absolute atomic E-state index is 13.6. The summed E-state index contributed by atoms with van der Waals surface area (Å²) in [4.78, 5) is 33.7. The van der Waals surface area contributed by atoms with E-state index >= 15 is 0 Å². The zero-order chi connectivity index (χ0) is 26.6. The minimum atomic E-state index is -0.723. The van der Waals surface area contributed by atoms with Crippen LogP contribution in [-0.4, -0.2) is 58.1 Å². The molecular formula is C30H36N4O3S. The number of carbonyl (C=O) groups excluding carboxylic acids is 2. The fourth-order valence-electron chi connectivity index (χ4n) is 5.66. The number of benzene rings is 2. The van der Waals surface area contributed by atoms with Gasteiger partial charge >= 0.3 is 0 Å². The SMILES string of the molecule is Cc1cc(C(=O)NC(Cc2ccccc2)C(O)C2CCCN2)cc(C(=O)N2CCCC2c2nc(C)cs2)c1. The molecule has 0 radical (unpaired) electrons. The summed E-state index contributed by atoms with van der Waals surface area (Å²) in [7, 11) is 0. The van der Waals surface area contributed by atoms with Crippen LogP contribution in [0.3, 0.4) is 0 Å². The van der Waals surface area contributed by atoms with Gasteiger partial charge in [-0.05, 0) is 81.8 Å². The summed E-state index contributed by atoms with van der Waals surface area (Å²) in [6.45, 7) is 5.42. The molecule has 3 aromatic rings. The molecule has 2 saturated heterocycles. The summed E-state index contributed by atoms with van der Waals surface area (Å²) < 4.78 is 0. The van der Waals surface area contributed by atoms with Crippen molar-refractivity contribution in [3.63, 3.8) is 0 Å². The molecule has 1 aromatic heterocycles. The van der Waals surface area contributed by atoms with Crippen molar-refractivity contribution >= 4 is 23.2 Å². The van der Waals surface area contributed by atoms with Crippen molar-refractivity contribution in [2.24, 2.45) is 0 Å². The van der Waals surface area contributed by atoms with Gasteiger partial charge < -0.3 is 20.6 Å². The number of aryl methyl sites for hydroxylation is 2. The number of amides is 2. The molecular weight excluding hydrogens is 496 g/mol. The van der Waals surface area contributed by atoms with Gasteiger partial charge in [0.05, 0.1) is 18.2 Å². The molecule has 4 unspecified atom stereocenters. The lowest BCUT2D eigenvalue weighted by molar-refractivity contribution is 0.0733. The van der Waals surface area contributed by atoms with Gasteiger partial charge in [-0.25, -0.2) is 4.98 Å². The first-order chi connectivity index (χ1) is 18.4. The largest absolute Gasteiger partial charge is 0.389 e. The number of rotatable bonds is 8. The van der Waals surface area contributed by atoms with Gasteiger partial charge in [-0.2, -0.15) is 0 Å². The first-order valence-electron chi connectivity index (χ1n) is 13.5. The normalized spacial score (nSPS) is 20.9. The Morgan fingerprint density at radius 2 is 1.92 bits per heavy atom. The molecule has 5 rings (SSSR count). The molecule has 2 aromatic carbocycles. The summed E-state index contributed by atoms with van der Waals surface area (Å²) in [5.74, 6) is -0.358. The van der Waals surface area contributed by atoms with Gasteiger partial charge in [0, 0.05) is 34.8 Å². The summed E-state index contributed by atoms with van der Waals surface area (Å²) >= 11 is 1.60. The quantitative estimate of drug-likeness (QED) is 0.405. The van der Waals surface area contributed by atoms with Crippen molar-refractivity contribution in [3.8, 4) is 0 Å². The van der Waals surface area contributed by atoms with Crippen molar-refractivity contribution in [3.05, 3.63) is 86.9 Å². The number of nitrogens with zero attached hydrogens (tertiary/aromatic N) is 2. The fraction of sp³-hybridized carbons (Fsp3) is 0.433. The van der Waals surface area contributed by atoms with E-state index in [9.17, 15) is 14.7 Å². The van der Waals surface area contributed by atoms with Crippen LogP contribution in [0.1, 0.15) is 74.3 Å². The highest BCUT2D eigenvalue weighted by Gasteiger charge is 2.34. The smallest absolute Gasteiger partial charge is 0.254 e. The first kappa shape index (κ1) is 26.5. The molecule has 4 atom stereocenters. The second kappa shape index (κ2) is 11.8. The van der Waals surface area contributed by atoms with Crippen LogP contribution in [0.2, 0.25) is 0 Å². The molecule has 0 aliphatic carbocycles. The summed E-state index contributed by atoms with van der Waals surface area (Å²) in [5.41, 5.74) is 3.80. The maximum atomic E-state index is 13.6. The lowest BCUT2D eigenvalue weighted by Crippen LogP contribution is -2.52. The average molecular weight is 533 g/mol. The number of nitrogens with one attached hydrogen (secondary N) is 2. The number of aliphatic hydroxyl groups excluding tert-OH is 1. The van der Waals surface area contributed by atoms with E-state index in [1.807, 2.05) is 60.5 Å². The van der Waals surface area contributed by atoms with Crippen LogP contribution in [0.25, 0.3) is 0 Å². The first-order valence-corrected chi connectivity index (χ1v) is 14.4. The molecule has 0 saturated carbocycles. The number of hydrogen-bond acceptors (Lipinski definition) is 6. The van der Waals surface area contributed by atoms with Crippen molar-refractivity contribution < 1.29 is 14.7 Å². The van der Waals surface area contributed by atoms with E-state index in [0.29, 0.717) is 24.1 Å². The molecule has 2 amide bonds. The van der Waals surface area contributed by atoms with Crippen molar-refractivity contribution in [2.75, 3.05) is 13.1 Å². The zero-order valence-electron chi connectivity index (χ0n) is 22.0. The third-order valence-corrected chi connectivity index (χ3v) is 8.62. The van der Waals surface area contributed by atoms with Gasteiger partial charge in [0.2, 0.25) is 0 Å². The van der Waals surface area contributed by atoms with Crippen LogP contribution in [0.15, 0.2) is 53.9 Å². The molecule has 8 heteroatoms. The Bertz CT molecular complexity index is 1270. The van der Waals surface area contributed by atoms with E-state index in [0.717, 1.165) is 54.1 Å². The van der Waals surface area contributed by atoms with E-state index in [-0.39, 0.29) is 23.9 Å². The van der Waals surface area contributed by atoms with Crippen LogP contribution < -0.4 is 10.6 Å². The lowest BCUT2D eigenvalue weighted by Gasteiger charge is -2.29. The van der Waals surface area contributed by atoms with E-state index in [1.54, 1.807) is 23.5 Å². The summed E-state index contributed by atoms with van der Waals surface area (Å²) in [5, 5.41) is 20.7. The lowest BCUT2D eigenvalue weighted by atomic mass is 9.95. The molecule has 3 heterocycles. The number of thiazole rings is 1. The monoisotopic (exact) mass is 532 g/mol. The van der Waals surface area contributed by atoms with E-state index < -0.39 is 12.1 Å². The third kappa shape index (κ3) is 5.98. The maximum Gasteiger partial charge on any atom is 0.254 e. The van der Waals surface area contributed by atoms with Crippen molar-refractivity contribution in [2.45, 2.75) is 70.2 Å². The van der Waals surface area contributed by atoms with E-state index in [2.05, 4.69) is 15.6 Å².